The molecule has 1 unspecified atom stereocenters. The van der Waals surface area contributed by atoms with Crippen molar-refractivity contribution in [1.29, 1.82) is 0 Å². The van der Waals surface area contributed by atoms with Crippen molar-refractivity contribution in [2.24, 2.45) is 0 Å². The quantitative estimate of drug-likeness (QED) is 0.732. The van der Waals surface area contributed by atoms with Crippen molar-refractivity contribution < 1.29 is 19.4 Å². The lowest BCUT2D eigenvalue weighted by atomic mass is 9.95. The van der Waals surface area contributed by atoms with E-state index in [1.807, 2.05) is 0 Å². The Balaban J connectivity index is 2.54. The molecule has 3 rings (SSSR count). The van der Waals surface area contributed by atoms with Crippen LogP contribution in [-0.2, 0) is 16.9 Å². The van der Waals surface area contributed by atoms with Crippen molar-refractivity contribution in [2.75, 3.05) is 0 Å². The summed E-state index contributed by atoms with van der Waals surface area (Å²) >= 11 is 0. The van der Waals surface area contributed by atoms with Crippen LogP contribution in [0.15, 0.2) is 23.1 Å². The van der Waals surface area contributed by atoms with Gasteiger partial charge in [0.1, 0.15) is 5.82 Å². The minimum atomic E-state index is -2.43. The highest BCUT2D eigenvalue weighted by Crippen LogP contribution is 2.37. The van der Waals surface area contributed by atoms with E-state index in [1.54, 1.807) is 0 Å². The van der Waals surface area contributed by atoms with Crippen LogP contribution >= 0.6 is 0 Å². The Kier molecular flexibility index (Phi) is 1.89. The van der Waals surface area contributed by atoms with E-state index in [4.69, 9.17) is 5.11 Å². The van der Waals surface area contributed by atoms with E-state index in [-0.39, 0.29) is 11.0 Å². The highest BCUT2D eigenvalue weighted by Gasteiger charge is 2.47. The smallest absolute Gasteiger partial charge is 0.342 e. The number of halogens is 1. The molecule has 1 aromatic carbocycles. The molecule has 92 valence electrons. The van der Waals surface area contributed by atoms with Gasteiger partial charge in [-0.05, 0) is 12.1 Å². The molecule has 0 radical (unpaired) electrons. The molecule has 0 spiro atoms. The van der Waals surface area contributed by atoms with E-state index in [1.165, 1.54) is 6.07 Å². The molecule has 0 fully saturated rings. The molecule has 2 aromatic rings. The summed E-state index contributed by atoms with van der Waals surface area (Å²) in [7, 11) is 0. The van der Waals surface area contributed by atoms with Crippen molar-refractivity contribution in [2.45, 2.75) is 12.1 Å². The third-order valence-electron chi connectivity index (χ3n) is 3.11. The zero-order chi connectivity index (χ0) is 13.1. The summed E-state index contributed by atoms with van der Waals surface area (Å²) in [5, 5.41) is 19.1. The van der Waals surface area contributed by atoms with Gasteiger partial charge in [0.25, 0.3) is 5.56 Å². The topological polar surface area (TPSA) is 92.4 Å². The standard InChI is InChI=1S/C11H7FN2O4/c12-5-1-2-6-9-8(5)11(18,10(16)17)4-14(9)7(15)3-13-6/h1-3,18H,4H2,(H,16,17). The number of carboxylic acids is 1. The zero-order valence-electron chi connectivity index (χ0n) is 8.92. The van der Waals surface area contributed by atoms with Crippen molar-refractivity contribution in [3.63, 3.8) is 0 Å². The van der Waals surface area contributed by atoms with E-state index in [0.29, 0.717) is 0 Å². The fraction of sp³-hybridized carbons (Fsp3) is 0.182. The summed E-state index contributed by atoms with van der Waals surface area (Å²) < 4.78 is 14.8. The van der Waals surface area contributed by atoms with Gasteiger partial charge in [-0.15, -0.1) is 0 Å². The van der Waals surface area contributed by atoms with Gasteiger partial charge in [0.2, 0.25) is 5.60 Å². The highest BCUT2D eigenvalue weighted by atomic mass is 19.1. The molecule has 0 saturated heterocycles. The zero-order valence-corrected chi connectivity index (χ0v) is 8.92. The van der Waals surface area contributed by atoms with Crippen LogP contribution in [0.4, 0.5) is 4.39 Å². The van der Waals surface area contributed by atoms with Gasteiger partial charge >= 0.3 is 5.97 Å². The first-order valence-electron chi connectivity index (χ1n) is 5.09. The number of aromatic nitrogens is 2. The van der Waals surface area contributed by atoms with E-state index in [0.717, 1.165) is 16.8 Å². The number of hydrogen-bond donors (Lipinski definition) is 2. The first-order chi connectivity index (χ1) is 8.45. The third-order valence-corrected chi connectivity index (χ3v) is 3.11. The van der Waals surface area contributed by atoms with E-state index in [2.05, 4.69) is 4.98 Å². The summed E-state index contributed by atoms with van der Waals surface area (Å²) in [6.45, 7) is -0.517. The molecule has 18 heavy (non-hydrogen) atoms. The lowest BCUT2D eigenvalue weighted by Gasteiger charge is -2.17. The van der Waals surface area contributed by atoms with Crippen LogP contribution in [-0.4, -0.2) is 25.7 Å². The first kappa shape index (κ1) is 10.8. The van der Waals surface area contributed by atoms with Gasteiger partial charge in [0.15, 0.2) is 0 Å². The number of rotatable bonds is 1. The fourth-order valence-corrected chi connectivity index (χ4v) is 2.27. The summed E-state index contributed by atoms with van der Waals surface area (Å²) in [4.78, 5) is 26.5. The molecule has 1 aliphatic heterocycles. The van der Waals surface area contributed by atoms with Crippen molar-refractivity contribution in [3.8, 4) is 0 Å². The molecule has 0 amide bonds. The number of hydrogen-bond acceptors (Lipinski definition) is 4. The van der Waals surface area contributed by atoms with Crippen molar-refractivity contribution >= 4 is 17.0 Å². The summed E-state index contributed by atoms with van der Waals surface area (Å²) in [6.07, 6.45) is 1.01. The van der Waals surface area contributed by atoms with Crippen LogP contribution in [0.1, 0.15) is 5.56 Å². The maximum absolute atomic E-state index is 13.8. The number of nitrogens with zero attached hydrogens (tertiary/aromatic N) is 2. The van der Waals surface area contributed by atoms with Gasteiger partial charge in [0, 0.05) is 0 Å². The van der Waals surface area contributed by atoms with E-state index < -0.39 is 35.1 Å². The minimum Gasteiger partial charge on any atom is -0.479 e. The maximum Gasteiger partial charge on any atom is 0.342 e. The molecular weight excluding hydrogens is 243 g/mol. The average molecular weight is 250 g/mol. The molecule has 0 bridgehead atoms. The lowest BCUT2D eigenvalue weighted by molar-refractivity contribution is -0.160. The molecule has 2 heterocycles. The van der Waals surface area contributed by atoms with Crippen LogP contribution in [0.2, 0.25) is 0 Å². The predicted octanol–water partition coefficient (Wildman–Crippen LogP) is -0.179. The fourth-order valence-electron chi connectivity index (χ4n) is 2.27. The normalized spacial score (nSPS) is 21.4. The molecule has 0 saturated carbocycles. The monoisotopic (exact) mass is 250 g/mol. The third kappa shape index (κ3) is 1.11. The van der Waals surface area contributed by atoms with Crippen LogP contribution in [0, 0.1) is 5.82 Å². The van der Waals surface area contributed by atoms with Crippen molar-refractivity contribution in [1.82, 2.24) is 9.55 Å². The lowest BCUT2D eigenvalue weighted by Crippen LogP contribution is -2.38. The Morgan fingerprint density at radius 2 is 2.22 bits per heavy atom. The SMILES string of the molecule is O=C(O)C1(O)Cn2c(=O)cnc3ccc(F)c1c32. The molecular formula is C11H7FN2O4. The Bertz CT molecular complexity index is 755. The summed E-state index contributed by atoms with van der Waals surface area (Å²) in [6, 6.07) is 2.36. The Morgan fingerprint density at radius 3 is 2.89 bits per heavy atom. The van der Waals surface area contributed by atoms with Gasteiger partial charge in [-0.1, -0.05) is 0 Å². The largest absolute Gasteiger partial charge is 0.479 e. The van der Waals surface area contributed by atoms with Gasteiger partial charge in [-0.3, -0.25) is 4.79 Å². The van der Waals surface area contributed by atoms with Crippen LogP contribution in [0.25, 0.3) is 11.0 Å². The Hall–Kier alpha value is -2.28. The van der Waals surface area contributed by atoms with Gasteiger partial charge in [0.05, 0.1) is 29.3 Å². The van der Waals surface area contributed by atoms with Gasteiger partial charge in [-0.2, -0.15) is 0 Å². The minimum absolute atomic E-state index is 0.0346. The van der Waals surface area contributed by atoms with Crippen LogP contribution in [0.5, 0.6) is 0 Å². The second kappa shape index (κ2) is 3.14. The summed E-state index contributed by atoms with van der Waals surface area (Å²) in [5.74, 6) is -2.47. The molecule has 2 N–H and O–H groups in total. The first-order valence-corrected chi connectivity index (χ1v) is 5.09. The Morgan fingerprint density at radius 1 is 1.50 bits per heavy atom. The molecule has 6 nitrogen and oxygen atoms in total. The second-order valence-electron chi connectivity index (χ2n) is 4.14. The average Bonchev–Trinajstić information content (AvgIpc) is 2.65. The predicted molar refractivity (Wildman–Crippen MR) is 57.5 cm³/mol. The highest BCUT2D eigenvalue weighted by molar-refractivity contribution is 5.90. The Labute approximate surface area is 98.9 Å². The van der Waals surface area contributed by atoms with Crippen molar-refractivity contribution in [3.05, 3.63) is 40.1 Å². The van der Waals surface area contributed by atoms with Crippen LogP contribution < -0.4 is 5.56 Å². The van der Waals surface area contributed by atoms with Gasteiger partial charge in [-0.25, -0.2) is 14.2 Å². The maximum atomic E-state index is 13.8. The molecule has 7 heteroatoms. The molecule has 0 aliphatic carbocycles. The number of carboxylic acid groups (broad SMARTS) is 1. The molecule has 1 aromatic heterocycles. The van der Waals surface area contributed by atoms with E-state index >= 15 is 0 Å². The molecule has 1 atom stereocenters. The number of benzene rings is 1. The molecule has 1 aliphatic rings. The number of aliphatic hydroxyl groups is 1. The number of aliphatic carboxylic acids is 1. The second-order valence-corrected chi connectivity index (χ2v) is 4.14. The van der Waals surface area contributed by atoms with E-state index in [9.17, 15) is 19.1 Å². The van der Waals surface area contributed by atoms with Crippen LogP contribution in [0.3, 0.4) is 0 Å². The van der Waals surface area contributed by atoms with Gasteiger partial charge < -0.3 is 14.8 Å². The summed E-state index contributed by atoms with van der Waals surface area (Å²) in [5.41, 5.74) is -3.11. The number of carbonyl (C=O) groups is 1.